The lowest BCUT2D eigenvalue weighted by Gasteiger charge is -2.15. The Morgan fingerprint density at radius 1 is 0.833 bits per heavy atom. The van der Waals surface area contributed by atoms with E-state index in [2.05, 4.69) is 0 Å². The van der Waals surface area contributed by atoms with E-state index in [0.717, 1.165) is 0 Å². The Kier molecular flexibility index (Phi) is 3.54. The lowest BCUT2D eigenvalue weighted by Crippen LogP contribution is -1.98. The van der Waals surface area contributed by atoms with Crippen LogP contribution in [0.4, 0.5) is 0 Å². The molecule has 12 heavy (non-hydrogen) atoms. The molecule has 0 atom stereocenters. The molecular formula is C6H2I3O3-. The van der Waals surface area contributed by atoms with Gasteiger partial charge < -0.3 is 15.3 Å². The highest BCUT2D eigenvalue weighted by Crippen LogP contribution is 2.42. The zero-order valence-corrected chi connectivity index (χ0v) is 11.9. The number of phenolic OH excluding ortho intramolecular Hbond substituents is 2. The number of rotatable bonds is 0. The van der Waals surface area contributed by atoms with E-state index >= 15 is 0 Å². The molecule has 3 nitrogen and oxygen atoms in total. The molecule has 0 unspecified atom stereocenters. The first-order chi connectivity index (χ1) is 5.46. The summed E-state index contributed by atoms with van der Waals surface area (Å²) in [4.78, 5) is 0. The van der Waals surface area contributed by atoms with E-state index in [0.29, 0.717) is 3.57 Å². The van der Waals surface area contributed by atoms with Crippen LogP contribution in [0.25, 0.3) is 0 Å². The summed E-state index contributed by atoms with van der Waals surface area (Å²) in [6.07, 6.45) is 0. The first-order valence-corrected chi connectivity index (χ1v) is 5.95. The maximum Gasteiger partial charge on any atom is 0.145 e. The Morgan fingerprint density at radius 2 is 1.17 bits per heavy atom. The van der Waals surface area contributed by atoms with Crippen molar-refractivity contribution in [3.05, 3.63) is 10.7 Å². The van der Waals surface area contributed by atoms with Crippen LogP contribution < -0.4 is 5.11 Å². The molecule has 6 heteroatoms. The van der Waals surface area contributed by atoms with Crippen molar-refractivity contribution in [2.75, 3.05) is 0 Å². The number of hydrogen-bond acceptors (Lipinski definition) is 3. The Morgan fingerprint density at radius 3 is 1.50 bits per heavy atom. The van der Waals surface area contributed by atoms with Gasteiger partial charge in [0.25, 0.3) is 0 Å². The normalized spacial score (nSPS) is 10.2. The number of benzene rings is 1. The topological polar surface area (TPSA) is 63.5 Å². The zero-order valence-electron chi connectivity index (χ0n) is 5.44. The van der Waals surface area contributed by atoms with Gasteiger partial charge in [-0.3, -0.25) is 0 Å². The van der Waals surface area contributed by atoms with Gasteiger partial charge in [-0.05, 0) is 67.8 Å². The van der Waals surface area contributed by atoms with Crippen molar-refractivity contribution in [3.63, 3.8) is 0 Å². The van der Waals surface area contributed by atoms with Crippen LogP contribution in [0.5, 0.6) is 17.2 Å². The van der Waals surface area contributed by atoms with Crippen LogP contribution in [0.3, 0.4) is 0 Å². The fraction of sp³-hybridized carbons (Fsp3) is 0. The standard InChI is InChI=1S/C6H3I3O3/c7-1-4(10)2(8)6(12)3(9)5(1)11/h10-12H/p-1. The summed E-state index contributed by atoms with van der Waals surface area (Å²) in [5.74, 6) is -0.607. The lowest BCUT2D eigenvalue weighted by molar-refractivity contribution is -0.271. The maximum absolute atomic E-state index is 11.2. The summed E-state index contributed by atoms with van der Waals surface area (Å²) in [6, 6.07) is 0. The fourth-order valence-corrected chi connectivity index (χ4v) is 3.78. The van der Waals surface area contributed by atoms with Gasteiger partial charge in [-0.2, -0.15) is 0 Å². The number of hydrogen-bond donors (Lipinski definition) is 2. The molecule has 0 aliphatic carbocycles. The zero-order chi connectivity index (χ0) is 9.46. The summed E-state index contributed by atoms with van der Waals surface area (Å²) in [5, 5.41) is 29.9. The fourth-order valence-electron chi connectivity index (χ4n) is 0.616. The number of phenols is 2. The van der Waals surface area contributed by atoms with E-state index in [1.807, 2.05) is 0 Å². The summed E-state index contributed by atoms with van der Waals surface area (Å²) in [7, 11) is 0. The van der Waals surface area contributed by atoms with Gasteiger partial charge >= 0.3 is 0 Å². The van der Waals surface area contributed by atoms with Gasteiger partial charge in [-0.25, -0.2) is 0 Å². The largest absolute Gasteiger partial charge is 0.871 e. The number of aromatic hydroxyl groups is 2. The molecule has 0 aliphatic heterocycles. The predicted molar refractivity (Wildman–Crippen MR) is 67.4 cm³/mol. The molecule has 1 aromatic carbocycles. The van der Waals surface area contributed by atoms with Gasteiger partial charge in [0.15, 0.2) is 0 Å². The van der Waals surface area contributed by atoms with E-state index in [-0.39, 0.29) is 24.4 Å². The quantitative estimate of drug-likeness (QED) is 0.534. The first kappa shape index (κ1) is 10.9. The van der Waals surface area contributed by atoms with Gasteiger partial charge in [0.05, 0.1) is 3.57 Å². The van der Waals surface area contributed by atoms with Gasteiger partial charge in [0, 0.05) is 7.14 Å². The smallest absolute Gasteiger partial charge is 0.145 e. The van der Waals surface area contributed by atoms with Crippen LogP contribution in [-0.4, -0.2) is 10.2 Å². The van der Waals surface area contributed by atoms with Crippen LogP contribution in [-0.2, 0) is 0 Å². The van der Waals surface area contributed by atoms with E-state index in [1.54, 1.807) is 67.8 Å². The summed E-state index contributed by atoms with van der Waals surface area (Å²) >= 11 is 5.30. The molecule has 1 rings (SSSR count). The molecule has 66 valence electrons. The molecule has 0 saturated carbocycles. The Balaban J connectivity index is 3.60. The van der Waals surface area contributed by atoms with Crippen LogP contribution in [0.15, 0.2) is 0 Å². The van der Waals surface area contributed by atoms with Crippen molar-refractivity contribution in [3.8, 4) is 17.2 Å². The minimum absolute atomic E-state index is 0.140. The second kappa shape index (κ2) is 3.90. The van der Waals surface area contributed by atoms with Crippen molar-refractivity contribution in [2.45, 2.75) is 0 Å². The average molecular weight is 503 g/mol. The highest BCUT2D eigenvalue weighted by molar-refractivity contribution is 14.1. The summed E-state index contributed by atoms with van der Waals surface area (Å²) in [5.41, 5.74) is 0. The van der Waals surface area contributed by atoms with Crippen molar-refractivity contribution >= 4 is 67.8 Å². The third-order valence-corrected chi connectivity index (χ3v) is 4.25. The third-order valence-electron chi connectivity index (χ3n) is 1.23. The monoisotopic (exact) mass is 503 g/mol. The Hall–Kier alpha value is 0.810. The molecular weight excluding hydrogens is 501 g/mol. The van der Waals surface area contributed by atoms with Crippen LogP contribution in [0, 0.1) is 10.7 Å². The minimum Gasteiger partial charge on any atom is -0.871 e. The average Bonchev–Trinajstić information content (AvgIpc) is 2.08. The van der Waals surface area contributed by atoms with Crippen LogP contribution in [0.2, 0.25) is 0 Å². The molecule has 0 spiro atoms. The van der Waals surface area contributed by atoms with E-state index < -0.39 is 0 Å². The Labute approximate surface area is 110 Å². The van der Waals surface area contributed by atoms with Gasteiger partial charge in [-0.1, -0.05) is 5.75 Å². The van der Waals surface area contributed by atoms with Crippen LogP contribution >= 0.6 is 67.8 Å². The minimum atomic E-state index is -0.327. The van der Waals surface area contributed by atoms with Crippen molar-refractivity contribution in [2.24, 2.45) is 0 Å². The van der Waals surface area contributed by atoms with Crippen LogP contribution in [0.1, 0.15) is 0 Å². The molecule has 2 N–H and O–H groups in total. The highest BCUT2D eigenvalue weighted by Gasteiger charge is 2.13. The number of halogens is 3. The van der Waals surface area contributed by atoms with Gasteiger partial charge in [-0.15, -0.1) is 0 Å². The predicted octanol–water partition coefficient (Wildman–Crippen LogP) is 1.99. The third kappa shape index (κ3) is 1.69. The van der Waals surface area contributed by atoms with Crippen molar-refractivity contribution in [1.82, 2.24) is 0 Å². The second-order valence-electron chi connectivity index (χ2n) is 1.97. The molecule has 0 saturated heterocycles. The summed E-state index contributed by atoms with van der Waals surface area (Å²) < 4.78 is 0.819. The molecule has 1 aromatic rings. The first-order valence-electron chi connectivity index (χ1n) is 2.72. The van der Waals surface area contributed by atoms with E-state index in [4.69, 9.17) is 0 Å². The highest BCUT2D eigenvalue weighted by atomic mass is 127. The van der Waals surface area contributed by atoms with E-state index in [9.17, 15) is 15.3 Å². The molecule has 0 aliphatic rings. The van der Waals surface area contributed by atoms with Gasteiger partial charge in [0.1, 0.15) is 11.5 Å². The Bertz CT molecular complexity index is 232. The van der Waals surface area contributed by atoms with E-state index in [1.165, 1.54) is 0 Å². The van der Waals surface area contributed by atoms with Crippen molar-refractivity contribution < 1.29 is 15.3 Å². The SMILES string of the molecule is [O-]c1c(I)c(O)c(I)c(O)c1I. The molecule has 0 amide bonds. The van der Waals surface area contributed by atoms with Crippen molar-refractivity contribution in [1.29, 1.82) is 0 Å². The second-order valence-corrected chi connectivity index (χ2v) is 5.20. The molecule has 0 bridgehead atoms. The van der Waals surface area contributed by atoms with Gasteiger partial charge in [0.2, 0.25) is 0 Å². The molecule has 0 fully saturated rings. The molecule has 0 aromatic heterocycles. The molecule has 0 heterocycles. The maximum atomic E-state index is 11.2. The lowest BCUT2D eigenvalue weighted by atomic mass is 10.3. The molecule has 0 radical (unpaired) electrons. The summed E-state index contributed by atoms with van der Waals surface area (Å²) in [6.45, 7) is 0.